The number of carbonyl (C=O) groups is 1. The molecule has 1 amide bonds. The molecule has 4 aromatic rings. The molecule has 0 unspecified atom stereocenters. The van der Waals surface area contributed by atoms with Crippen molar-refractivity contribution >= 4 is 50.3 Å². The Labute approximate surface area is 164 Å². The molecule has 0 bridgehead atoms. The fraction of sp³-hybridized carbons (Fsp3) is 0. The maximum absolute atomic E-state index is 13.4. The van der Waals surface area contributed by atoms with Crippen LogP contribution in [0.5, 0.6) is 11.5 Å². The van der Waals surface area contributed by atoms with Crippen molar-refractivity contribution in [3.63, 3.8) is 0 Å². The largest absolute Gasteiger partial charge is 0.504 e. The first-order valence-corrected chi connectivity index (χ1v) is 9.34. The molecular weight excluding hydrogens is 382 g/mol. The summed E-state index contributed by atoms with van der Waals surface area (Å²) in [7, 11) is 0. The van der Waals surface area contributed by atoms with Gasteiger partial charge >= 0.3 is 0 Å². The highest BCUT2D eigenvalue weighted by molar-refractivity contribution is 7.21. The lowest BCUT2D eigenvalue weighted by Crippen LogP contribution is -2.25. The van der Waals surface area contributed by atoms with E-state index < -0.39 is 0 Å². The number of nitrogens with zero attached hydrogens (tertiary/aromatic N) is 1. The van der Waals surface area contributed by atoms with Gasteiger partial charge in [0.05, 0.1) is 10.7 Å². The van der Waals surface area contributed by atoms with E-state index in [4.69, 9.17) is 11.6 Å². The molecule has 4 rings (SSSR count). The molecule has 0 fully saturated rings. The van der Waals surface area contributed by atoms with Gasteiger partial charge in [-0.15, -0.1) is 11.3 Å². The Balaban J connectivity index is 1.88. The summed E-state index contributed by atoms with van der Waals surface area (Å²) in [5.41, 5.74) is 1.05. The van der Waals surface area contributed by atoms with Crippen molar-refractivity contribution in [2.75, 3.05) is 4.90 Å². The second-order valence-electron chi connectivity index (χ2n) is 5.89. The van der Waals surface area contributed by atoms with Crippen LogP contribution in [0.4, 0.5) is 11.4 Å². The number of anilines is 2. The lowest BCUT2D eigenvalue weighted by Gasteiger charge is -2.23. The van der Waals surface area contributed by atoms with Crippen molar-refractivity contribution in [2.45, 2.75) is 0 Å². The van der Waals surface area contributed by atoms with E-state index in [0.29, 0.717) is 21.3 Å². The Morgan fingerprint density at radius 2 is 1.56 bits per heavy atom. The number of hydrogen-bond donors (Lipinski definition) is 2. The van der Waals surface area contributed by atoms with Gasteiger partial charge < -0.3 is 10.2 Å². The number of para-hydroxylation sites is 1. The third kappa shape index (κ3) is 3.12. The summed E-state index contributed by atoms with van der Waals surface area (Å²) in [4.78, 5) is 15.3. The van der Waals surface area contributed by atoms with Gasteiger partial charge in [0.25, 0.3) is 5.91 Å². The van der Waals surface area contributed by atoms with Gasteiger partial charge in [0.15, 0.2) is 11.5 Å². The summed E-state index contributed by atoms with van der Waals surface area (Å²) < 4.78 is 0.924. The first kappa shape index (κ1) is 17.4. The Hall–Kier alpha value is -3.02. The molecule has 2 N–H and O–H groups in total. The third-order valence-electron chi connectivity index (χ3n) is 4.16. The highest BCUT2D eigenvalue weighted by Gasteiger charge is 2.25. The van der Waals surface area contributed by atoms with Crippen LogP contribution in [0.2, 0.25) is 5.02 Å². The van der Waals surface area contributed by atoms with Crippen LogP contribution in [-0.2, 0) is 0 Å². The minimum atomic E-state index is -0.308. The quantitative estimate of drug-likeness (QED) is 0.422. The predicted octanol–water partition coefficient (Wildman–Crippen LogP) is 5.94. The second kappa shape index (κ2) is 6.95. The van der Waals surface area contributed by atoms with Gasteiger partial charge in [0.1, 0.15) is 4.88 Å². The van der Waals surface area contributed by atoms with Crippen molar-refractivity contribution < 1.29 is 15.0 Å². The molecule has 0 radical (unpaired) electrons. The smallest absolute Gasteiger partial charge is 0.274 e. The number of halogens is 1. The van der Waals surface area contributed by atoms with E-state index in [0.717, 1.165) is 10.1 Å². The zero-order chi connectivity index (χ0) is 19.0. The number of hydrogen-bond acceptors (Lipinski definition) is 4. The monoisotopic (exact) mass is 395 g/mol. The molecule has 0 aliphatic carbocycles. The lowest BCUT2D eigenvalue weighted by atomic mass is 10.2. The normalized spacial score (nSPS) is 10.9. The number of rotatable bonds is 3. The number of carbonyl (C=O) groups excluding carboxylic acids is 1. The Kier molecular flexibility index (Phi) is 4.48. The molecule has 0 saturated heterocycles. The van der Waals surface area contributed by atoms with Crippen LogP contribution in [0.15, 0.2) is 72.8 Å². The van der Waals surface area contributed by atoms with E-state index in [2.05, 4.69) is 0 Å². The predicted molar refractivity (Wildman–Crippen MR) is 110 cm³/mol. The molecule has 134 valence electrons. The molecule has 1 heterocycles. The zero-order valence-corrected chi connectivity index (χ0v) is 15.5. The molecule has 27 heavy (non-hydrogen) atoms. The SMILES string of the molecule is O=C(c1sc2ccccc2c1Cl)N(c1ccccc1)c1ccc(O)c(O)c1. The van der Waals surface area contributed by atoms with E-state index in [9.17, 15) is 15.0 Å². The Morgan fingerprint density at radius 1 is 0.852 bits per heavy atom. The number of fused-ring (bicyclic) bond motifs is 1. The fourth-order valence-corrected chi connectivity index (χ4v) is 4.31. The van der Waals surface area contributed by atoms with Crippen molar-refractivity contribution in [2.24, 2.45) is 0 Å². The number of aromatic hydroxyl groups is 2. The molecule has 1 aromatic heterocycles. The summed E-state index contributed by atoms with van der Waals surface area (Å²) in [6, 6.07) is 20.9. The van der Waals surface area contributed by atoms with Crippen LogP contribution < -0.4 is 4.90 Å². The van der Waals surface area contributed by atoms with Crippen LogP contribution in [-0.4, -0.2) is 16.1 Å². The van der Waals surface area contributed by atoms with Crippen molar-refractivity contribution in [1.29, 1.82) is 0 Å². The van der Waals surface area contributed by atoms with E-state index in [1.165, 1.54) is 28.4 Å². The number of benzene rings is 3. The standard InChI is InChI=1S/C21H14ClNO3S/c22-19-15-8-4-5-9-18(15)27-20(19)21(26)23(13-6-2-1-3-7-13)14-10-11-16(24)17(25)12-14/h1-12,24-25H. The Bertz CT molecular complexity index is 1140. The van der Waals surface area contributed by atoms with Crippen LogP contribution in [0.1, 0.15) is 9.67 Å². The molecule has 3 aromatic carbocycles. The topological polar surface area (TPSA) is 60.8 Å². The summed E-state index contributed by atoms with van der Waals surface area (Å²) in [5, 5.41) is 20.8. The molecule has 4 nitrogen and oxygen atoms in total. The Morgan fingerprint density at radius 3 is 2.26 bits per heavy atom. The third-order valence-corrected chi connectivity index (χ3v) is 5.83. The first-order chi connectivity index (χ1) is 13.1. The van der Waals surface area contributed by atoms with Gasteiger partial charge in [0.2, 0.25) is 0 Å². The van der Waals surface area contributed by atoms with Gasteiger partial charge in [-0.1, -0.05) is 48.0 Å². The maximum Gasteiger partial charge on any atom is 0.274 e. The lowest BCUT2D eigenvalue weighted by molar-refractivity contribution is 0.100. The number of phenolic OH excluding ortho intramolecular Hbond substituents is 2. The molecule has 6 heteroatoms. The van der Waals surface area contributed by atoms with E-state index >= 15 is 0 Å². The number of amides is 1. The first-order valence-electron chi connectivity index (χ1n) is 8.15. The molecule has 0 saturated carbocycles. The number of phenols is 2. The second-order valence-corrected chi connectivity index (χ2v) is 7.32. The molecule has 0 aliphatic heterocycles. The van der Waals surface area contributed by atoms with Gasteiger partial charge in [-0.05, 0) is 30.3 Å². The average molecular weight is 396 g/mol. The molecule has 0 spiro atoms. The summed E-state index contributed by atoms with van der Waals surface area (Å²) in [5.74, 6) is -0.861. The minimum Gasteiger partial charge on any atom is -0.504 e. The van der Waals surface area contributed by atoms with Crippen molar-refractivity contribution in [3.8, 4) is 11.5 Å². The van der Waals surface area contributed by atoms with Gasteiger partial charge in [-0.3, -0.25) is 9.69 Å². The summed E-state index contributed by atoms with van der Waals surface area (Å²) in [6.45, 7) is 0. The summed E-state index contributed by atoms with van der Waals surface area (Å²) >= 11 is 7.82. The van der Waals surface area contributed by atoms with Gasteiger partial charge in [0, 0.05) is 21.8 Å². The van der Waals surface area contributed by atoms with Crippen LogP contribution in [0.3, 0.4) is 0 Å². The highest BCUT2D eigenvalue weighted by atomic mass is 35.5. The maximum atomic E-state index is 13.4. The van der Waals surface area contributed by atoms with Crippen LogP contribution in [0.25, 0.3) is 10.1 Å². The van der Waals surface area contributed by atoms with Gasteiger partial charge in [-0.25, -0.2) is 0 Å². The molecular formula is C21H14ClNO3S. The fourth-order valence-electron chi connectivity index (χ4n) is 2.86. The van der Waals surface area contributed by atoms with E-state index in [1.54, 1.807) is 18.2 Å². The van der Waals surface area contributed by atoms with E-state index in [-0.39, 0.29) is 17.4 Å². The van der Waals surface area contributed by atoms with Crippen molar-refractivity contribution in [1.82, 2.24) is 0 Å². The van der Waals surface area contributed by atoms with Crippen LogP contribution >= 0.6 is 22.9 Å². The minimum absolute atomic E-state index is 0.251. The average Bonchev–Trinajstić information content (AvgIpc) is 3.03. The van der Waals surface area contributed by atoms with Crippen LogP contribution in [0, 0.1) is 0 Å². The number of thiophene rings is 1. The molecule has 0 aliphatic rings. The van der Waals surface area contributed by atoms with Crippen molar-refractivity contribution in [3.05, 3.63) is 82.7 Å². The summed E-state index contributed by atoms with van der Waals surface area (Å²) in [6.07, 6.45) is 0. The highest BCUT2D eigenvalue weighted by Crippen LogP contribution is 2.39. The molecule has 0 atom stereocenters. The van der Waals surface area contributed by atoms with Gasteiger partial charge in [-0.2, -0.15) is 0 Å². The van der Waals surface area contributed by atoms with E-state index in [1.807, 2.05) is 42.5 Å². The zero-order valence-electron chi connectivity index (χ0n) is 14.0.